The van der Waals surface area contributed by atoms with Crippen molar-refractivity contribution in [1.29, 1.82) is 0 Å². The molecule has 0 unspecified atom stereocenters. The smallest absolute Gasteiger partial charge is 0.140 e. The van der Waals surface area contributed by atoms with Gasteiger partial charge < -0.3 is 15.3 Å². The molecule has 116 valence electrons. The molecular formula is C16H29ClN2O. The van der Waals surface area contributed by atoms with Gasteiger partial charge in [-0.05, 0) is 45.1 Å². The highest BCUT2D eigenvalue weighted by molar-refractivity contribution is 6.30. The van der Waals surface area contributed by atoms with Crippen LogP contribution in [0.15, 0.2) is 18.2 Å². The van der Waals surface area contributed by atoms with Crippen LogP contribution in [0.2, 0.25) is 5.02 Å². The maximum Gasteiger partial charge on any atom is 0.140 e. The minimum Gasteiger partial charge on any atom is -0.506 e. The van der Waals surface area contributed by atoms with Crippen LogP contribution in [-0.2, 0) is 0 Å². The molecule has 20 heavy (non-hydrogen) atoms. The molecule has 4 heteroatoms. The van der Waals surface area contributed by atoms with Gasteiger partial charge in [-0.15, -0.1) is 0 Å². The van der Waals surface area contributed by atoms with Gasteiger partial charge in [0.15, 0.2) is 0 Å². The van der Waals surface area contributed by atoms with Crippen LogP contribution in [-0.4, -0.2) is 36.2 Å². The van der Waals surface area contributed by atoms with Gasteiger partial charge in [0.05, 0.1) is 5.69 Å². The van der Waals surface area contributed by atoms with Crippen LogP contribution < -0.4 is 5.32 Å². The van der Waals surface area contributed by atoms with E-state index in [2.05, 4.69) is 17.3 Å². The molecule has 0 aliphatic carbocycles. The maximum absolute atomic E-state index is 9.72. The molecule has 3 nitrogen and oxygen atoms in total. The van der Waals surface area contributed by atoms with Crippen LogP contribution in [0.4, 0.5) is 5.69 Å². The second-order valence-electron chi connectivity index (χ2n) is 4.38. The van der Waals surface area contributed by atoms with Crippen LogP contribution >= 0.6 is 11.6 Å². The van der Waals surface area contributed by atoms with Crippen molar-refractivity contribution in [1.82, 2.24) is 4.90 Å². The molecule has 0 atom stereocenters. The predicted molar refractivity (Wildman–Crippen MR) is 90.0 cm³/mol. The number of nitrogens with zero attached hydrogens (tertiary/aromatic N) is 1. The Morgan fingerprint density at radius 1 is 1.15 bits per heavy atom. The summed E-state index contributed by atoms with van der Waals surface area (Å²) in [5.41, 5.74) is 0.777. The Hall–Kier alpha value is -0.930. The summed E-state index contributed by atoms with van der Waals surface area (Å²) in [6.45, 7) is 10.2. The lowest BCUT2D eigenvalue weighted by atomic mass is 10.1. The van der Waals surface area contributed by atoms with Crippen LogP contribution in [0, 0.1) is 0 Å². The Kier molecular flexibility index (Phi) is 10.3. The molecule has 1 aromatic rings. The van der Waals surface area contributed by atoms with Crippen molar-refractivity contribution in [2.75, 3.05) is 25.5 Å². The van der Waals surface area contributed by atoms with Crippen molar-refractivity contribution in [3.8, 4) is 5.75 Å². The third-order valence-corrected chi connectivity index (χ3v) is 3.27. The van der Waals surface area contributed by atoms with Crippen molar-refractivity contribution >= 4 is 17.3 Å². The highest BCUT2D eigenvalue weighted by Gasteiger charge is 2.17. The van der Waals surface area contributed by atoms with Crippen molar-refractivity contribution in [3.05, 3.63) is 23.2 Å². The number of benzene rings is 1. The van der Waals surface area contributed by atoms with E-state index >= 15 is 0 Å². The zero-order valence-electron chi connectivity index (χ0n) is 13.4. The van der Waals surface area contributed by atoms with Gasteiger partial charge in [0.1, 0.15) is 5.75 Å². The number of aromatic hydroxyl groups is 1. The molecule has 0 spiro atoms. The Bertz CT molecular complexity index is 363. The predicted octanol–water partition coefficient (Wildman–Crippen LogP) is 4.60. The molecule has 1 heterocycles. The number of hydrogen-bond donors (Lipinski definition) is 2. The summed E-state index contributed by atoms with van der Waals surface area (Å²) in [5.74, 6) is 0.228. The fraction of sp³-hybridized carbons (Fsp3) is 0.625. The lowest BCUT2D eigenvalue weighted by Gasteiger charge is -2.30. The van der Waals surface area contributed by atoms with Gasteiger partial charge >= 0.3 is 0 Å². The molecule has 1 aliphatic rings. The number of nitrogens with one attached hydrogen (secondary N) is 1. The topological polar surface area (TPSA) is 35.5 Å². The summed E-state index contributed by atoms with van der Waals surface area (Å²) in [6, 6.07) is 5.64. The highest BCUT2D eigenvalue weighted by Crippen LogP contribution is 2.28. The highest BCUT2D eigenvalue weighted by atomic mass is 35.5. The first kappa shape index (κ1) is 19.1. The van der Waals surface area contributed by atoms with E-state index in [-0.39, 0.29) is 5.75 Å². The lowest BCUT2D eigenvalue weighted by molar-refractivity contribution is 0.263. The second kappa shape index (κ2) is 10.8. The SMILES string of the molecule is CC.CC.CN1CCC(Nc2ccc(Cl)cc2O)CC1. The van der Waals surface area contributed by atoms with Crippen molar-refractivity contribution in [2.24, 2.45) is 0 Å². The summed E-state index contributed by atoms with van der Waals surface area (Å²) in [7, 11) is 2.13. The molecule has 0 bridgehead atoms. The standard InChI is InChI=1S/C12H17ClN2O.2C2H6/c1-15-6-4-10(5-7-15)14-11-3-2-9(13)8-12(11)16;2*1-2/h2-3,8,10,14,16H,4-7H2,1H3;2*1-2H3. The Morgan fingerprint density at radius 3 is 2.20 bits per heavy atom. The zero-order chi connectivity index (χ0) is 15.5. The molecule has 2 N–H and O–H groups in total. The molecule has 2 rings (SSSR count). The van der Waals surface area contributed by atoms with E-state index in [1.165, 1.54) is 0 Å². The summed E-state index contributed by atoms with van der Waals surface area (Å²) in [4.78, 5) is 2.32. The lowest BCUT2D eigenvalue weighted by Crippen LogP contribution is -2.36. The number of anilines is 1. The molecule has 0 aromatic heterocycles. The number of likely N-dealkylation sites (tertiary alicyclic amines) is 1. The van der Waals surface area contributed by atoms with Gasteiger partial charge in [0.25, 0.3) is 0 Å². The van der Waals surface area contributed by atoms with E-state index in [1.54, 1.807) is 12.1 Å². The van der Waals surface area contributed by atoms with E-state index in [0.717, 1.165) is 31.6 Å². The number of rotatable bonds is 2. The molecule has 1 fully saturated rings. The summed E-state index contributed by atoms with van der Waals surface area (Å²) in [5, 5.41) is 13.6. The van der Waals surface area contributed by atoms with E-state index in [4.69, 9.17) is 11.6 Å². The number of piperidine rings is 1. The van der Waals surface area contributed by atoms with E-state index in [0.29, 0.717) is 11.1 Å². The molecule has 1 aliphatic heterocycles. The van der Waals surface area contributed by atoms with E-state index in [9.17, 15) is 5.11 Å². The van der Waals surface area contributed by atoms with Crippen LogP contribution in [0.25, 0.3) is 0 Å². The molecule has 0 saturated carbocycles. The van der Waals surface area contributed by atoms with Gasteiger partial charge in [0, 0.05) is 17.1 Å². The largest absolute Gasteiger partial charge is 0.506 e. The van der Waals surface area contributed by atoms with Crippen molar-refractivity contribution in [3.63, 3.8) is 0 Å². The molecule has 1 saturated heterocycles. The minimum absolute atomic E-state index is 0.228. The Morgan fingerprint density at radius 2 is 1.70 bits per heavy atom. The number of hydrogen-bond acceptors (Lipinski definition) is 3. The summed E-state index contributed by atoms with van der Waals surface area (Å²) < 4.78 is 0. The second-order valence-corrected chi connectivity index (χ2v) is 4.82. The third-order valence-electron chi connectivity index (χ3n) is 3.04. The number of phenols is 1. The first-order valence-corrected chi connectivity index (χ1v) is 7.96. The van der Waals surface area contributed by atoms with E-state index < -0.39 is 0 Å². The molecule has 0 amide bonds. The molecule has 1 aromatic carbocycles. The molecule has 0 radical (unpaired) electrons. The maximum atomic E-state index is 9.72. The van der Waals surface area contributed by atoms with Gasteiger partial charge in [-0.3, -0.25) is 0 Å². The summed E-state index contributed by atoms with van der Waals surface area (Å²) >= 11 is 5.78. The van der Waals surface area contributed by atoms with E-state index in [1.807, 2.05) is 33.8 Å². The Balaban J connectivity index is 0.000000829. The van der Waals surface area contributed by atoms with Crippen molar-refractivity contribution < 1.29 is 5.11 Å². The fourth-order valence-electron chi connectivity index (χ4n) is 2.00. The zero-order valence-corrected chi connectivity index (χ0v) is 14.2. The molecular weight excluding hydrogens is 272 g/mol. The fourth-order valence-corrected chi connectivity index (χ4v) is 2.17. The monoisotopic (exact) mass is 300 g/mol. The first-order chi connectivity index (χ1) is 9.65. The average molecular weight is 301 g/mol. The van der Waals surface area contributed by atoms with Gasteiger partial charge in [-0.2, -0.15) is 0 Å². The van der Waals surface area contributed by atoms with Gasteiger partial charge in [-0.1, -0.05) is 39.3 Å². The van der Waals surface area contributed by atoms with Crippen LogP contribution in [0.5, 0.6) is 5.75 Å². The van der Waals surface area contributed by atoms with Crippen molar-refractivity contribution in [2.45, 2.75) is 46.6 Å². The normalized spacial score (nSPS) is 15.5. The average Bonchev–Trinajstić information content (AvgIpc) is 2.48. The quantitative estimate of drug-likeness (QED) is 0.783. The van der Waals surface area contributed by atoms with Gasteiger partial charge in [-0.25, -0.2) is 0 Å². The number of phenolic OH excluding ortho intramolecular Hbond substituents is 1. The first-order valence-electron chi connectivity index (χ1n) is 7.59. The van der Waals surface area contributed by atoms with Crippen LogP contribution in [0.1, 0.15) is 40.5 Å². The summed E-state index contributed by atoms with van der Waals surface area (Å²) in [6.07, 6.45) is 2.22. The van der Waals surface area contributed by atoms with Gasteiger partial charge in [0.2, 0.25) is 0 Å². The van der Waals surface area contributed by atoms with Crippen LogP contribution in [0.3, 0.4) is 0 Å². The number of halogens is 1. The Labute approximate surface area is 128 Å². The third kappa shape index (κ3) is 6.49. The minimum atomic E-state index is 0.228.